The SMILES string of the molecule is CC(Nc1cc([N+](=O)[O-])ccc1Br)c1cc(O)cc(O)c1. The number of phenolic OH excluding ortho intramolecular Hbond substituents is 2. The van der Waals surface area contributed by atoms with E-state index in [0.29, 0.717) is 15.7 Å². The molecule has 0 radical (unpaired) electrons. The van der Waals surface area contributed by atoms with Gasteiger partial charge in [-0.2, -0.15) is 0 Å². The number of hydrogen-bond acceptors (Lipinski definition) is 5. The van der Waals surface area contributed by atoms with Crippen molar-refractivity contribution in [1.82, 2.24) is 0 Å². The summed E-state index contributed by atoms with van der Waals surface area (Å²) in [6.45, 7) is 1.82. The molecule has 0 saturated heterocycles. The van der Waals surface area contributed by atoms with E-state index < -0.39 is 4.92 Å². The van der Waals surface area contributed by atoms with Crippen LogP contribution in [0.1, 0.15) is 18.5 Å². The Morgan fingerprint density at radius 2 is 1.81 bits per heavy atom. The molecular formula is C14H13BrN2O4. The van der Waals surface area contributed by atoms with Gasteiger partial charge in [-0.25, -0.2) is 0 Å². The Morgan fingerprint density at radius 3 is 2.38 bits per heavy atom. The lowest BCUT2D eigenvalue weighted by Crippen LogP contribution is -2.07. The zero-order valence-corrected chi connectivity index (χ0v) is 12.7. The van der Waals surface area contributed by atoms with E-state index in [1.165, 1.54) is 30.3 Å². The molecule has 7 heteroatoms. The molecule has 110 valence electrons. The highest BCUT2D eigenvalue weighted by atomic mass is 79.9. The van der Waals surface area contributed by atoms with E-state index in [1.54, 1.807) is 6.07 Å². The lowest BCUT2D eigenvalue weighted by atomic mass is 10.1. The lowest BCUT2D eigenvalue weighted by molar-refractivity contribution is -0.384. The molecule has 0 fully saturated rings. The first kappa shape index (κ1) is 15.1. The van der Waals surface area contributed by atoms with Crippen LogP contribution in [-0.2, 0) is 0 Å². The number of nitro groups is 1. The van der Waals surface area contributed by atoms with Crippen LogP contribution in [-0.4, -0.2) is 15.1 Å². The van der Waals surface area contributed by atoms with Gasteiger partial charge < -0.3 is 15.5 Å². The standard InChI is InChI=1S/C14H13BrN2O4/c1-8(9-4-11(18)7-12(19)5-9)16-14-6-10(17(20)21)2-3-13(14)15/h2-8,16,18-19H,1H3. The third kappa shape index (κ3) is 3.63. The van der Waals surface area contributed by atoms with Gasteiger partial charge in [0.15, 0.2) is 0 Å². The Kier molecular flexibility index (Phi) is 4.32. The van der Waals surface area contributed by atoms with Crippen molar-refractivity contribution in [3.63, 3.8) is 0 Å². The van der Waals surface area contributed by atoms with Crippen LogP contribution in [0.3, 0.4) is 0 Å². The van der Waals surface area contributed by atoms with Gasteiger partial charge in [0.25, 0.3) is 5.69 Å². The molecule has 2 aromatic carbocycles. The maximum atomic E-state index is 10.8. The van der Waals surface area contributed by atoms with E-state index in [4.69, 9.17) is 0 Å². The van der Waals surface area contributed by atoms with Crippen LogP contribution < -0.4 is 5.32 Å². The predicted octanol–water partition coefficient (Wildman–Crippen LogP) is 3.94. The van der Waals surface area contributed by atoms with Crippen molar-refractivity contribution in [1.29, 1.82) is 0 Å². The molecule has 0 spiro atoms. The number of hydrogen-bond donors (Lipinski definition) is 3. The Balaban J connectivity index is 2.28. The van der Waals surface area contributed by atoms with Crippen LogP contribution >= 0.6 is 15.9 Å². The van der Waals surface area contributed by atoms with Gasteiger partial charge in [-0.1, -0.05) is 0 Å². The number of rotatable bonds is 4. The van der Waals surface area contributed by atoms with Gasteiger partial charge in [0.2, 0.25) is 0 Å². The van der Waals surface area contributed by atoms with Gasteiger partial charge in [-0.05, 0) is 46.6 Å². The molecule has 0 amide bonds. The number of halogens is 1. The summed E-state index contributed by atoms with van der Waals surface area (Å²) in [5.41, 5.74) is 1.19. The largest absolute Gasteiger partial charge is 0.508 e. The average Bonchev–Trinajstić information content (AvgIpc) is 2.39. The summed E-state index contributed by atoms with van der Waals surface area (Å²) in [4.78, 5) is 10.3. The number of anilines is 1. The molecule has 0 heterocycles. The highest BCUT2D eigenvalue weighted by Crippen LogP contribution is 2.32. The number of nitrogens with zero attached hydrogens (tertiary/aromatic N) is 1. The minimum Gasteiger partial charge on any atom is -0.508 e. The topological polar surface area (TPSA) is 95.6 Å². The number of benzene rings is 2. The van der Waals surface area contributed by atoms with Crippen molar-refractivity contribution in [3.05, 3.63) is 56.5 Å². The van der Waals surface area contributed by atoms with E-state index in [0.717, 1.165) is 0 Å². The van der Waals surface area contributed by atoms with E-state index in [9.17, 15) is 20.3 Å². The summed E-state index contributed by atoms with van der Waals surface area (Å²) in [7, 11) is 0. The summed E-state index contributed by atoms with van der Waals surface area (Å²) in [5, 5.41) is 32.9. The van der Waals surface area contributed by atoms with Gasteiger partial charge in [-0.3, -0.25) is 10.1 Å². The zero-order valence-electron chi connectivity index (χ0n) is 11.1. The number of aromatic hydroxyl groups is 2. The van der Waals surface area contributed by atoms with Crippen molar-refractivity contribution in [2.45, 2.75) is 13.0 Å². The smallest absolute Gasteiger partial charge is 0.271 e. The molecule has 1 unspecified atom stereocenters. The summed E-state index contributed by atoms with van der Waals surface area (Å²) in [5.74, 6) is -0.0893. The molecule has 0 aliphatic carbocycles. The molecule has 1 atom stereocenters. The van der Waals surface area contributed by atoms with Crippen LogP contribution in [0.5, 0.6) is 11.5 Å². The number of nitro benzene ring substituents is 1. The molecule has 2 aromatic rings. The third-order valence-electron chi connectivity index (χ3n) is 2.96. The quantitative estimate of drug-likeness (QED) is 0.572. The first-order chi connectivity index (χ1) is 9.86. The lowest BCUT2D eigenvalue weighted by Gasteiger charge is -2.17. The highest BCUT2D eigenvalue weighted by molar-refractivity contribution is 9.10. The van der Waals surface area contributed by atoms with Crippen LogP contribution in [0.4, 0.5) is 11.4 Å². The van der Waals surface area contributed by atoms with Crippen molar-refractivity contribution >= 4 is 27.3 Å². The Labute approximate surface area is 129 Å². The first-order valence-corrected chi connectivity index (χ1v) is 6.89. The molecular weight excluding hydrogens is 340 g/mol. The van der Waals surface area contributed by atoms with E-state index in [-0.39, 0.29) is 23.2 Å². The van der Waals surface area contributed by atoms with E-state index in [1.807, 2.05) is 6.92 Å². The van der Waals surface area contributed by atoms with Crippen LogP contribution in [0.15, 0.2) is 40.9 Å². The minimum atomic E-state index is -0.470. The van der Waals surface area contributed by atoms with Gasteiger partial charge in [0.1, 0.15) is 11.5 Å². The number of non-ortho nitro benzene ring substituents is 1. The van der Waals surface area contributed by atoms with Crippen LogP contribution in [0, 0.1) is 10.1 Å². The van der Waals surface area contributed by atoms with Gasteiger partial charge in [0, 0.05) is 28.7 Å². The molecule has 21 heavy (non-hydrogen) atoms. The monoisotopic (exact) mass is 352 g/mol. The molecule has 0 aromatic heterocycles. The molecule has 2 rings (SSSR count). The average molecular weight is 353 g/mol. The fourth-order valence-corrected chi connectivity index (χ4v) is 2.28. The summed E-state index contributed by atoms with van der Waals surface area (Å²) >= 11 is 3.33. The van der Waals surface area contributed by atoms with Gasteiger partial charge >= 0.3 is 0 Å². The molecule has 0 saturated carbocycles. The second kappa shape index (κ2) is 6.01. The summed E-state index contributed by atoms with van der Waals surface area (Å²) < 4.78 is 0.685. The Bertz CT molecular complexity index is 670. The number of nitrogens with one attached hydrogen (secondary N) is 1. The fraction of sp³-hybridized carbons (Fsp3) is 0.143. The predicted molar refractivity (Wildman–Crippen MR) is 82.6 cm³/mol. The van der Waals surface area contributed by atoms with Gasteiger partial charge in [-0.15, -0.1) is 0 Å². The van der Waals surface area contributed by atoms with E-state index in [2.05, 4.69) is 21.2 Å². The van der Waals surface area contributed by atoms with E-state index >= 15 is 0 Å². The van der Waals surface area contributed by atoms with Crippen molar-refractivity contribution < 1.29 is 15.1 Å². The second-order valence-corrected chi connectivity index (χ2v) is 5.42. The number of phenols is 2. The highest BCUT2D eigenvalue weighted by Gasteiger charge is 2.13. The Hall–Kier alpha value is -2.28. The molecule has 6 nitrogen and oxygen atoms in total. The van der Waals surface area contributed by atoms with Crippen LogP contribution in [0.2, 0.25) is 0 Å². The third-order valence-corrected chi connectivity index (χ3v) is 3.65. The second-order valence-electron chi connectivity index (χ2n) is 4.57. The van der Waals surface area contributed by atoms with Crippen molar-refractivity contribution in [3.8, 4) is 11.5 Å². The molecule has 0 bridgehead atoms. The summed E-state index contributed by atoms with van der Waals surface area (Å²) in [6, 6.07) is 8.42. The van der Waals surface area contributed by atoms with Crippen molar-refractivity contribution in [2.75, 3.05) is 5.32 Å². The maximum absolute atomic E-state index is 10.8. The molecule has 0 aliphatic heterocycles. The first-order valence-electron chi connectivity index (χ1n) is 6.10. The van der Waals surface area contributed by atoms with Gasteiger partial charge in [0.05, 0.1) is 10.6 Å². The maximum Gasteiger partial charge on any atom is 0.271 e. The zero-order chi connectivity index (χ0) is 15.6. The fourth-order valence-electron chi connectivity index (χ4n) is 1.92. The molecule has 0 aliphatic rings. The Morgan fingerprint density at radius 1 is 1.19 bits per heavy atom. The van der Waals surface area contributed by atoms with Crippen molar-refractivity contribution in [2.24, 2.45) is 0 Å². The summed E-state index contributed by atoms with van der Waals surface area (Å²) in [6.07, 6.45) is 0. The van der Waals surface area contributed by atoms with Crippen LogP contribution in [0.25, 0.3) is 0 Å². The minimum absolute atomic E-state index is 0.0216. The normalized spacial score (nSPS) is 11.9. The molecule has 3 N–H and O–H groups in total.